The van der Waals surface area contributed by atoms with E-state index in [-0.39, 0.29) is 0 Å². The molecule has 0 amide bonds. The molecule has 0 saturated heterocycles. The van der Waals surface area contributed by atoms with Crippen LogP contribution in [0.2, 0.25) is 0 Å². The Hall–Kier alpha value is -0.410. The minimum Gasteiger partial charge on any atom is -0.317 e. The molecule has 15 heavy (non-hydrogen) atoms. The zero-order valence-electron chi connectivity index (χ0n) is 9.46. The number of aromatic nitrogens is 1. The summed E-state index contributed by atoms with van der Waals surface area (Å²) >= 11 is 3.45. The van der Waals surface area contributed by atoms with E-state index in [1.165, 1.54) is 12.0 Å². The summed E-state index contributed by atoms with van der Waals surface area (Å²) in [7, 11) is 0. The van der Waals surface area contributed by atoms with Gasteiger partial charge < -0.3 is 5.32 Å². The minimum atomic E-state index is 0.709. The van der Waals surface area contributed by atoms with E-state index in [0.717, 1.165) is 24.0 Å². The molecule has 1 atom stereocenters. The van der Waals surface area contributed by atoms with E-state index in [0.29, 0.717) is 5.92 Å². The Kier molecular flexibility index (Phi) is 5.88. The molecule has 0 bridgehead atoms. The molecule has 0 aliphatic carbocycles. The van der Waals surface area contributed by atoms with Gasteiger partial charge in [-0.2, -0.15) is 0 Å². The molecule has 0 fully saturated rings. The maximum atomic E-state index is 4.18. The Bertz CT molecular complexity index is 289. The molecule has 1 rings (SSSR count). The van der Waals surface area contributed by atoms with Crippen LogP contribution in [0.1, 0.15) is 25.8 Å². The van der Waals surface area contributed by atoms with Crippen LogP contribution in [0.15, 0.2) is 22.9 Å². The highest BCUT2D eigenvalue weighted by atomic mass is 79.9. The molecule has 2 nitrogen and oxygen atoms in total. The Morgan fingerprint density at radius 3 is 2.80 bits per heavy atom. The van der Waals surface area contributed by atoms with Crippen LogP contribution in [-0.2, 0) is 6.42 Å². The molecule has 0 radical (unpaired) electrons. The quantitative estimate of drug-likeness (QED) is 0.860. The lowest BCUT2D eigenvalue weighted by Crippen LogP contribution is -2.23. The largest absolute Gasteiger partial charge is 0.317 e. The second-order valence-electron chi connectivity index (χ2n) is 3.80. The topological polar surface area (TPSA) is 24.9 Å². The van der Waals surface area contributed by atoms with Gasteiger partial charge in [0.05, 0.1) is 0 Å². The van der Waals surface area contributed by atoms with E-state index in [2.05, 4.69) is 46.1 Å². The molecule has 0 aromatic carbocycles. The Morgan fingerprint density at radius 1 is 1.40 bits per heavy atom. The van der Waals surface area contributed by atoms with E-state index in [9.17, 15) is 0 Å². The number of halogens is 1. The van der Waals surface area contributed by atoms with Crippen LogP contribution in [0, 0.1) is 5.92 Å². The number of hydrogen-bond donors (Lipinski definition) is 1. The zero-order valence-corrected chi connectivity index (χ0v) is 11.0. The average Bonchev–Trinajstić information content (AvgIpc) is 2.24. The van der Waals surface area contributed by atoms with Gasteiger partial charge in [0, 0.05) is 16.9 Å². The Balaban J connectivity index is 2.50. The normalized spacial score (nSPS) is 12.7. The van der Waals surface area contributed by atoms with Gasteiger partial charge in [0.1, 0.15) is 0 Å². The molecule has 1 unspecified atom stereocenters. The summed E-state index contributed by atoms with van der Waals surface area (Å²) < 4.78 is 1.07. The van der Waals surface area contributed by atoms with Crippen LogP contribution < -0.4 is 5.32 Å². The molecular formula is C12H19BrN2. The Morgan fingerprint density at radius 2 is 2.20 bits per heavy atom. The number of nitrogens with one attached hydrogen (secondary N) is 1. The minimum absolute atomic E-state index is 0.709. The van der Waals surface area contributed by atoms with Gasteiger partial charge in [-0.25, -0.2) is 0 Å². The molecule has 3 heteroatoms. The number of nitrogens with zero attached hydrogens (tertiary/aromatic N) is 1. The van der Waals surface area contributed by atoms with Crippen LogP contribution in [0.5, 0.6) is 0 Å². The summed E-state index contributed by atoms with van der Waals surface area (Å²) in [6, 6.07) is 2.15. The first kappa shape index (κ1) is 12.7. The third-order valence-corrected chi connectivity index (χ3v) is 2.98. The molecule has 84 valence electrons. The predicted octanol–water partition coefficient (Wildman–Crippen LogP) is 3.02. The summed E-state index contributed by atoms with van der Waals surface area (Å²) in [5, 5.41) is 3.40. The fourth-order valence-electron chi connectivity index (χ4n) is 1.61. The highest BCUT2D eigenvalue weighted by Gasteiger charge is 2.07. The number of rotatable bonds is 6. The molecule has 0 aliphatic heterocycles. The van der Waals surface area contributed by atoms with Gasteiger partial charge in [-0.15, -0.1) is 0 Å². The summed E-state index contributed by atoms with van der Waals surface area (Å²) in [5.41, 5.74) is 1.31. The van der Waals surface area contributed by atoms with Crippen molar-refractivity contribution in [2.24, 2.45) is 5.92 Å². The van der Waals surface area contributed by atoms with Crippen molar-refractivity contribution in [3.8, 4) is 0 Å². The zero-order chi connectivity index (χ0) is 11.1. The van der Waals surface area contributed by atoms with Crippen molar-refractivity contribution in [1.29, 1.82) is 0 Å². The smallest absolute Gasteiger partial charge is 0.0410 e. The molecule has 1 aromatic heterocycles. The molecule has 1 N–H and O–H groups in total. The van der Waals surface area contributed by atoms with Crippen LogP contribution in [0.25, 0.3) is 0 Å². The highest BCUT2D eigenvalue weighted by molar-refractivity contribution is 9.10. The lowest BCUT2D eigenvalue weighted by Gasteiger charge is -2.14. The maximum absolute atomic E-state index is 4.18. The number of pyridine rings is 1. The van der Waals surface area contributed by atoms with Gasteiger partial charge >= 0.3 is 0 Å². The van der Waals surface area contributed by atoms with E-state index < -0.39 is 0 Å². The third kappa shape index (κ3) is 4.76. The van der Waals surface area contributed by atoms with Crippen molar-refractivity contribution in [3.05, 3.63) is 28.5 Å². The SMILES string of the molecule is CCNCC(CC)Cc1cncc(Br)c1. The lowest BCUT2D eigenvalue weighted by molar-refractivity contribution is 0.467. The summed E-state index contributed by atoms with van der Waals surface area (Å²) in [6.07, 6.45) is 6.10. The van der Waals surface area contributed by atoms with Gasteiger partial charge in [-0.3, -0.25) is 4.98 Å². The van der Waals surface area contributed by atoms with Crippen molar-refractivity contribution >= 4 is 15.9 Å². The highest BCUT2D eigenvalue weighted by Crippen LogP contribution is 2.15. The van der Waals surface area contributed by atoms with Gasteiger partial charge in [-0.1, -0.05) is 20.3 Å². The fourth-order valence-corrected chi connectivity index (χ4v) is 2.02. The van der Waals surface area contributed by atoms with Crippen molar-refractivity contribution < 1.29 is 0 Å². The van der Waals surface area contributed by atoms with Gasteiger partial charge in [-0.05, 0) is 53.0 Å². The Labute approximate surface area is 101 Å². The predicted molar refractivity (Wildman–Crippen MR) is 68.0 cm³/mol. The number of hydrogen-bond acceptors (Lipinski definition) is 2. The molecule has 0 spiro atoms. The van der Waals surface area contributed by atoms with Crippen LogP contribution >= 0.6 is 15.9 Å². The van der Waals surface area contributed by atoms with E-state index >= 15 is 0 Å². The molecular weight excluding hydrogens is 252 g/mol. The molecule has 1 aromatic rings. The van der Waals surface area contributed by atoms with E-state index in [1.54, 1.807) is 0 Å². The van der Waals surface area contributed by atoms with Crippen molar-refractivity contribution in [2.45, 2.75) is 26.7 Å². The van der Waals surface area contributed by atoms with Crippen LogP contribution in [-0.4, -0.2) is 18.1 Å². The second-order valence-corrected chi connectivity index (χ2v) is 4.71. The van der Waals surface area contributed by atoms with E-state index in [4.69, 9.17) is 0 Å². The first-order chi connectivity index (χ1) is 7.26. The van der Waals surface area contributed by atoms with Gasteiger partial charge in [0.25, 0.3) is 0 Å². The fraction of sp³-hybridized carbons (Fsp3) is 0.583. The first-order valence-corrected chi connectivity index (χ1v) is 6.35. The lowest BCUT2D eigenvalue weighted by atomic mass is 9.98. The monoisotopic (exact) mass is 270 g/mol. The third-order valence-electron chi connectivity index (χ3n) is 2.55. The second kappa shape index (κ2) is 6.96. The van der Waals surface area contributed by atoms with Crippen molar-refractivity contribution in [1.82, 2.24) is 10.3 Å². The van der Waals surface area contributed by atoms with Crippen LogP contribution in [0.4, 0.5) is 0 Å². The molecule has 0 saturated carbocycles. The van der Waals surface area contributed by atoms with Crippen LogP contribution in [0.3, 0.4) is 0 Å². The van der Waals surface area contributed by atoms with E-state index in [1.807, 2.05) is 12.4 Å². The van der Waals surface area contributed by atoms with Gasteiger partial charge in [0.15, 0.2) is 0 Å². The van der Waals surface area contributed by atoms with Gasteiger partial charge in [0.2, 0.25) is 0 Å². The summed E-state index contributed by atoms with van der Waals surface area (Å²) in [5.74, 6) is 0.709. The van der Waals surface area contributed by atoms with Crippen molar-refractivity contribution in [3.63, 3.8) is 0 Å². The molecule has 1 heterocycles. The summed E-state index contributed by atoms with van der Waals surface area (Å²) in [4.78, 5) is 4.18. The molecule has 0 aliphatic rings. The maximum Gasteiger partial charge on any atom is 0.0410 e. The standard InChI is InChI=1S/C12H19BrN2/c1-3-10(7-14-4-2)5-11-6-12(13)9-15-8-11/h6,8-10,14H,3-5,7H2,1-2H3. The van der Waals surface area contributed by atoms with Crippen molar-refractivity contribution in [2.75, 3.05) is 13.1 Å². The average molecular weight is 271 g/mol. The first-order valence-electron chi connectivity index (χ1n) is 5.56. The summed E-state index contributed by atoms with van der Waals surface area (Å²) in [6.45, 7) is 6.54.